The average molecular weight is 212 g/mol. The molecule has 0 N–H and O–H groups in total. The Kier molecular flexibility index (Phi) is 3.58. The molecule has 1 nitrogen and oxygen atoms in total. The Morgan fingerprint density at radius 2 is 1.87 bits per heavy atom. The van der Waals surface area contributed by atoms with E-state index in [1.54, 1.807) is 6.08 Å². The second-order valence-electron chi connectivity index (χ2n) is 5.36. The van der Waals surface area contributed by atoms with Gasteiger partial charge in [0.2, 0.25) is 0 Å². The van der Waals surface area contributed by atoms with Crippen LogP contribution in [0.4, 0.5) is 4.39 Å². The summed E-state index contributed by atoms with van der Waals surface area (Å²) in [6.07, 6.45) is 3.28. The number of hydrogen-bond donors (Lipinski definition) is 0. The molecule has 0 aromatic rings. The van der Waals surface area contributed by atoms with Crippen molar-refractivity contribution in [1.82, 2.24) is 0 Å². The van der Waals surface area contributed by atoms with Crippen LogP contribution in [-0.4, -0.2) is 6.10 Å². The topological polar surface area (TPSA) is 9.23 Å². The molecule has 15 heavy (non-hydrogen) atoms. The predicted octanol–water partition coefficient (Wildman–Crippen LogP) is 4.36. The molecule has 86 valence electrons. The molecule has 0 aromatic heterocycles. The molecule has 0 aliphatic heterocycles. The van der Waals surface area contributed by atoms with Gasteiger partial charge in [0.05, 0.1) is 6.10 Å². The minimum absolute atomic E-state index is 0.0512. The van der Waals surface area contributed by atoms with E-state index in [1.165, 1.54) is 0 Å². The van der Waals surface area contributed by atoms with Gasteiger partial charge >= 0.3 is 0 Å². The monoisotopic (exact) mass is 212 g/mol. The van der Waals surface area contributed by atoms with Crippen LogP contribution in [0.15, 0.2) is 23.2 Å². The standard InChI is InChI=1S/C13H21FO/c1-9(2)15-12-7-6-10(8-11(12)14)13(3,4)5/h8-9H,6-7H2,1-5H3. The first-order valence-electron chi connectivity index (χ1n) is 5.57. The van der Waals surface area contributed by atoms with Gasteiger partial charge in [-0.25, -0.2) is 4.39 Å². The fourth-order valence-electron chi connectivity index (χ4n) is 1.66. The molecule has 0 amide bonds. The summed E-state index contributed by atoms with van der Waals surface area (Å²) in [5.41, 5.74) is 1.22. The zero-order valence-corrected chi connectivity index (χ0v) is 10.4. The van der Waals surface area contributed by atoms with E-state index in [2.05, 4.69) is 20.8 Å². The number of ether oxygens (including phenoxy) is 1. The Morgan fingerprint density at radius 3 is 2.27 bits per heavy atom. The Hall–Kier alpha value is -0.790. The smallest absolute Gasteiger partial charge is 0.160 e. The predicted molar refractivity (Wildman–Crippen MR) is 61.1 cm³/mol. The van der Waals surface area contributed by atoms with E-state index < -0.39 is 0 Å². The third kappa shape index (κ3) is 3.37. The van der Waals surface area contributed by atoms with Crippen molar-refractivity contribution in [3.63, 3.8) is 0 Å². The maximum absolute atomic E-state index is 13.7. The summed E-state index contributed by atoms with van der Waals surface area (Å²) in [6.45, 7) is 10.2. The molecule has 1 rings (SSSR count). The highest BCUT2D eigenvalue weighted by Gasteiger charge is 2.23. The quantitative estimate of drug-likeness (QED) is 0.661. The summed E-state index contributed by atoms with van der Waals surface area (Å²) in [5, 5.41) is 0. The van der Waals surface area contributed by atoms with Crippen LogP contribution in [0.3, 0.4) is 0 Å². The van der Waals surface area contributed by atoms with Crippen LogP contribution in [0.25, 0.3) is 0 Å². The van der Waals surface area contributed by atoms with Crippen molar-refractivity contribution in [2.24, 2.45) is 5.41 Å². The molecule has 1 aliphatic carbocycles. The molecule has 0 unspecified atom stereocenters. The molecule has 0 atom stereocenters. The molecule has 0 fully saturated rings. The van der Waals surface area contributed by atoms with Gasteiger partial charge in [-0.15, -0.1) is 0 Å². The lowest BCUT2D eigenvalue weighted by atomic mass is 9.81. The summed E-state index contributed by atoms with van der Waals surface area (Å²) in [6, 6.07) is 0. The van der Waals surface area contributed by atoms with Crippen molar-refractivity contribution in [1.29, 1.82) is 0 Å². The largest absolute Gasteiger partial charge is 0.492 e. The highest BCUT2D eigenvalue weighted by molar-refractivity contribution is 5.29. The van der Waals surface area contributed by atoms with Crippen LogP contribution >= 0.6 is 0 Å². The van der Waals surface area contributed by atoms with E-state index in [1.807, 2.05) is 13.8 Å². The highest BCUT2D eigenvalue weighted by atomic mass is 19.1. The first kappa shape index (κ1) is 12.3. The van der Waals surface area contributed by atoms with Gasteiger partial charge in [-0.2, -0.15) is 0 Å². The lowest BCUT2D eigenvalue weighted by Crippen LogP contribution is -2.14. The van der Waals surface area contributed by atoms with E-state index in [9.17, 15) is 4.39 Å². The molecule has 0 bridgehead atoms. The Bertz CT molecular complexity index is 292. The normalized spacial score (nSPS) is 18.2. The molecular formula is C13H21FO. The summed E-state index contributed by atoms with van der Waals surface area (Å²) in [4.78, 5) is 0. The van der Waals surface area contributed by atoms with E-state index in [4.69, 9.17) is 4.74 Å². The molecule has 2 heteroatoms. The van der Waals surface area contributed by atoms with Crippen molar-refractivity contribution in [2.75, 3.05) is 0 Å². The summed E-state index contributed by atoms with van der Waals surface area (Å²) in [7, 11) is 0. The summed E-state index contributed by atoms with van der Waals surface area (Å²) < 4.78 is 19.1. The fourth-order valence-corrected chi connectivity index (χ4v) is 1.66. The van der Waals surface area contributed by atoms with E-state index in [0.29, 0.717) is 12.2 Å². The van der Waals surface area contributed by atoms with Crippen molar-refractivity contribution >= 4 is 0 Å². The minimum atomic E-state index is -0.195. The second-order valence-corrected chi connectivity index (χ2v) is 5.36. The van der Waals surface area contributed by atoms with Gasteiger partial charge < -0.3 is 4.74 Å². The number of hydrogen-bond acceptors (Lipinski definition) is 1. The molecule has 0 saturated heterocycles. The van der Waals surface area contributed by atoms with Gasteiger partial charge in [-0.3, -0.25) is 0 Å². The zero-order chi connectivity index (χ0) is 11.6. The Balaban J connectivity index is 2.84. The van der Waals surface area contributed by atoms with Crippen LogP contribution in [0, 0.1) is 5.41 Å². The molecule has 0 spiro atoms. The number of rotatable bonds is 2. The van der Waals surface area contributed by atoms with Crippen LogP contribution in [-0.2, 0) is 4.74 Å². The molecule has 0 saturated carbocycles. The van der Waals surface area contributed by atoms with Gasteiger partial charge in [0.25, 0.3) is 0 Å². The van der Waals surface area contributed by atoms with Crippen LogP contribution in [0.5, 0.6) is 0 Å². The first-order chi connectivity index (χ1) is 6.80. The van der Waals surface area contributed by atoms with Gasteiger partial charge in [0.1, 0.15) is 5.76 Å². The molecule has 0 heterocycles. The van der Waals surface area contributed by atoms with Gasteiger partial charge in [0, 0.05) is 6.42 Å². The minimum Gasteiger partial charge on any atom is -0.492 e. The lowest BCUT2D eigenvalue weighted by Gasteiger charge is -2.27. The van der Waals surface area contributed by atoms with E-state index in [-0.39, 0.29) is 17.3 Å². The van der Waals surface area contributed by atoms with E-state index in [0.717, 1.165) is 12.0 Å². The van der Waals surface area contributed by atoms with Crippen molar-refractivity contribution in [2.45, 2.75) is 53.6 Å². The SMILES string of the molecule is CC(C)OC1=C(F)C=C(C(C)(C)C)CC1. The van der Waals surface area contributed by atoms with E-state index >= 15 is 0 Å². The van der Waals surface area contributed by atoms with Gasteiger partial charge in [-0.1, -0.05) is 26.3 Å². The molecule has 0 radical (unpaired) electrons. The molecule has 0 aromatic carbocycles. The number of allylic oxidation sites excluding steroid dienone is 4. The molecule has 1 aliphatic rings. The zero-order valence-electron chi connectivity index (χ0n) is 10.4. The van der Waals surface area contributed by atoms with Gasteiger partial charge in [0.15, 0.2) is 5.83 Å². The third-order valence-electron chi connectivity index (χ3n) is 2.53. The van der Waals surface area contributed by atoms with Crippen molar-refractivity contribution < 1.29 is 9.13 Å². The molecular weight excluding hydrogens is 191 g/mol. The first-order valence-corrected chi connectivity index (χ1v) is 5.57. The van der Waals surface area contributed by atoms with Crippen molar-refractivity contribution in [3.8, 4) is 0 Å². The highest BCUT2D eigenvalue weighted by Crippen LogP contribution is 2.36. The van der Waals surface area contributed by atoms with Gasteiger partial charge in [-0.05, 0) is 31.8 Å². The Morgan fingerprint density at radius 1 is 1.27 bits per heavy atom. The Labute approximate surface area is 92.0 Å². The lowest BCUT2D eigenvalue weighted by molar-refractivity contribution is 0.130. The second kappa shape index (κ2) is 4.38. The van der Waals surface area contributed by atoms with Crippen LogP contribution in [0.2, 0.25) is 0 Å². The maximum Gasteiger partial charge on any atom is 0.160 e. The fraction of sp³-hybridized carbons (Fsp3) is 0.692. The van der Waals surface area contributed by atoms with Crippen LogP contribution in [0.1, 0.15) is 47.5 Å². The average Bonchev–Trinajstić information content (AvgIpc) is 2.05. The summed E-state index contributed by atoms with van der Waals surface area (Å²) >= 11 is 0. The van der Waals surface area contributed by atoms with Crippen LogP contribution < -0.4 is 0 Å². The maximum atomic E-state index is 13.7. The third-order valence-corrected chi connectivity index (χ3v) is 2.53. The summed E-state index contributed by atoms with van der Waals surface area (Å²) in [5.74, 6) is 0.317. The number of halogens is 1. The van der Waals surface area contributed by atoms with Crippen molar-refractivity contribution in [3.05, 3.63) is 23.2 Å².